The molecule has 0 bridgehead atoms. The summed E-state index contributed by atoms with van der Waals surface area (Å²) in [6.45, 7) is 7.05. The van der Waals surface area contributed by atoms with Gasteiger partial charge in [0.2, 0.25) is 0 Å². The summed E-state index contributed by atoms with van der Waals surface area (Å²) in [5, 5.41) is 0. The molecule has 3 saturated carbocycles. The molecular formula is C19H32O. The van der Waals surface area contributed by atoms with Gasteiger partial charge in [-0.25, -0.2) is 0 Å². The number of rotatable bonds is 2. The van der Waals surface area contributed by atoms with Gasteiger partial charge in [0, 0.05) is 5.41 Å². The zero-order valence-electron chi connectivity index (χ0n) is 13.6. The number of carbonyl (C=O) groups excluding carboxylic acids is 1. The minimum atomic E-state index is 0.00276. The molecule has 3 rings (SSSR count). The van der Waals surface area contributed by atoms with Crippen LogP contribution in [0.5, 0.6) is 0 Å². The smallest absolute Gasteiger partial charge is 0.126 e. The lowest BCUT2D eigenvalue weighted by atomic mass is 9.50. The van der Waals surface area contributed by atoms with Gasteiger partial charge in [0.15, 0.2) is 0 Å². The van der Waals surface area contributed by atoms with Gasteiger partial charge in [0.05, 0.1) is 0 Å². The Kier molecular flexibility index (Phi) is 3.99. The van der Waals surface area contributed by atoms with E-state index in [0.29, 0.717) is 5.92 Å². The Morgan fingerprint density at radius 1 is 1.05 bits per heavy atom. The molecule has 2 unspecified atom stereocenters. The van der Waals surface area contributed by atoms with Crippen LogP contribution in [-0.2, 0) is 4.79 Å². The summed E-state index contributed by atoms with van der Waals surface area (Å²) in [6.07, 6.45) is 12.2. The van der Waals surface area contributed by atoms with E-state index in [1.807, 2.05) is 0 Å². The van der Waals surface area contributed by atoms with Crippen LogP contribution in [0.3, 0.4) is 0 Å². The van der Waals surface area contributed by atoms with E-state index in [1.54, 1.807) is 0 Å². The summed E-state index contributed by atoms with van der Waals surface area (Å²) in [4.78, 5) is 11.6. The number of hydrogen-bond acceptors (Lipinski definition) is 1. The first kappa shape index (κ1) is 14.6. The zero-order valence-corrected chi connectivity index (χ0v) is 13.6. The van der Waals surface area contributed by atoms with Crippen LogP contribution in [0, 0.1) is 40.9 Å². The fourth-order valence-electron chi connectivity index (χ4n) is 6.02. The van der Waals surface area contributed by atoms with E-state index in [1.165, 1.54) is 51.2 Å². The van der Waals surface area contributed by atoms with E-state index in [0.717, 1.165) is 36.0 Å². The standard InChI is InChI=1S/C19H32O/c1-13(2)14-6-8-16-15(11-14)7-9-18-17(16)5-4-10-19(18,3)12-20/h12-18H,4-11H2,1-3H3/t14?,15?,16-,17+,18+,19-/m0/s1. The van der Waals surface area contributed by atoms with E-state index in [-0.39, 0.29) is 5.41 Å². The van der Waals surface area contributed by atoms with E-state index in [4.69, 9.17) is 0 Å². The average molecular weight is 276 g/mol. The molecule has 20 heavy (non-hydrogen) atoms. The Labute approximate surface area is 124 Å². The summed E-state index contributed by atoms with van der Waals surface area (Å²) in [7, 11) is 0. The maximum atomic E-state index is 11.6. The van der Waals surface area contributed by atoms with E-state index >= 15 is 0 Å². The zero-order chi connectivity index (χ0) is 14.3. The molecule has 1 nitrogen and oxygen atoms in total. The number of hydrogen-bond donors (Lipinski definition) is 0. The quantitative estimate of drug-likeness (QED) is 0.642. The average Bonchev–Trinajstić information content (AvgIpc) is 2.46. The highest BCUT2D eigenvalue weighted by Crippen LogP contribution is 2.57. The van der Waals surface area contributed by atoms with Crippen molar-refractivity contribution in [1.29, 1.82) is 0 Å². The highest BCUT2D eigenvalue weighted by molar-refractivity contribution is 5.59. The van der Waals surface area contributed by atoms with Gasteiger partial charge in [-0.05, 0) is 80.5 Å². The summed E-state index contributed by atoms with van der Waals surface area (Å²) >= 11 is 0. The monoisotopic (exact) mass is 276 g/mol. The lowest BCUT2D eigenvalue weighted by Crippen LogP contribution is -2.48. The molecule has 114 valence electrons. The van der Waals surface area contributed by atoms with Crippen LogP contribution >= 0.6 is 0 Å². The van der Waals surface area contributed by atoms with Gasteiger partial charge in [-0.15, -0.1) is 0 Å². The van der Waals surface area contributed by atoms with Gasteiger partial charge in [-0.2, -0.15) is 0 Å². The molecule has 0 saturated heterocycles. The van der Waals surface area contributed by atoms with Crippen molar-refractivity contribution in [3.05, 3.63) is 0 Å². The Morgan fingerprint density at radius 3 is 2.55 bits per heavy atom. The fourth-order valence-corrected chi connectivity index (χ4v) is 6.02. The Bertz CT molecular complexity index is 361. The molecule has 0 radical (unpaired) electrons. The second-order valence-electron chi connectivity index (χ2n) is 8.60. The minimum Gasteiger partial charge on any atom is -0.303 e. The van der Waals surface area contributed by atoms with Crippen molar-refractivity contribution in [3.63, 3.8) is 0 Å². The first-order valence-electron chi connectivity index (χ1n) is 9.01. The molecule has 0 aromatic carbocycles. The fraction of sp³-hybridized carbons (Fsp3) is 0.947. The summed E-state index contributed by atoms with van der Waals surface area (Å²) < 4.78 is 0. The van der Waals surface area contributed by atoms with Gasteiger partial charge in [0.1, 0.15) is 6.29 Å². The first-order chi connectivity index (χ1) is 9.55. The Morgan fingerprint density at radius 2 is 1.85 bits per heavy atom. The maximum absolute atomic E-state index is 11.6. The molecular weight excluding hydrogens is 244 g/mol. The molecule has 0 aromatic rings. The topological polar surface area (TPSA) is 17.1 Å². The summed E-state index contributed by atoms with van der Waals surface area (Å²) in [5.41, 5.74) is 0.00276. The van der Waals surface area contributed by atoms with Crippen molar-refractivity contribution < 1.29 is 4.79 Å². The van der Waals surface area contributed by atoms with E-state index in [9.17, 15) is 4.79 Å². The lowest BCUT2D eigenvalue weighted by molar-refractivity contribution is -0.127. The molecule has 3 aliphatic rings. The van der Waals surface area contributed by atoms with Gasteiger partial charge in [-0.3, -0.25) is 0 Å². The van der Waals surface area contributed by atoms with Crippen molar-refractivity contribution in [1.82, 2.24) is 0 Å². The van der Waals surface area contributed by atoms with Crippen LogP contribution in [0.25, 0.3) is 0 Å². The number of aldehydes is 1. The van der Waals surface area contributed by atoms with Crippen LogP contribution in [-0.4, -0.2) is 6.29 Å². The van der Waals surface area contributed by atoms with Gasteiger partial charge in [0.25, 0.3) is 0 Å². The normalized spacial score (nSPS) is 48.5. The maximum Gasteiger partial charge on any atom is 0.126 e. The van der Waals surface area contributed by atoms with Crippen LogP contribution in [0.4, 0.5) is 0 Å². The van der Waals surface area contributed by atoms with Crippen LogP contribution in [0.15, 0.2) is 0 Å². The summed E-state index contributed by atoms with van der Waals surface area (Å²) in [5.74, 6) is 5.32. The first-order valence-corrected chi connectivity index (χ1v) is 9.01. The van der Waals surface area contributed by atoms with Gasteiger partial charge < -0.3 is 4.79 Å². The molecule has 0 spiro atoms. The SMILES string of the molecule is CC(C)C1CC[C@H]2C(CC[C@@H]3[C@@H]2CCC[C@@]3(C)C=O)C1. The predicted octanol–water partition coefficient (Wildman–Crippen LogP) is 5.09. The van der Waals surface area contributed by atoms with Gasteiger partial charge >= 0.3 is 0 Å². The second-order valence-corrected chi connectivity index (χ2v) is 8.60. The molecule has 0 aliphatic heterocycles. The largest absolute Gasteiger partial charge is 0.303 e. The number of carbonyl (C=O) groups is 1. The molecule has 0 aromatic heterocycles. The van der Waals surface area contributed by atoms with Crippen molar-refractivity contribution in [3.8, 4) is 0 Å². The van der Waals surface area contributed by atoms with Crippen molar-refractivity contribution in [2.24, 2.45) is 40.9 Å². The molecule has 3 fully saturated rings. The number of fused-ring (bicyclic) bond motifs is 3. The second kappa shape index (κ2) is 5.46. The highest BCUT2D eigenvalue weighted by Gasteiger charge is 2.50. The molecule has 3 aliphatic carbocycles. The van der Waals surface area contributed by atoms with Crippen LogP contribution in [0.1, 0.15) is 72.1 Å². The molecule has 1 heteroatoms. The Balaban J connectivity index is 1.75. The molecule has 0 heterocycles. The van der Waals surface area contributed by atoms with Crippen molar-refractivity contribution in [2.45, 2.75) is 72.1 Å². The van der Waals surface area contributed by atoms with Crippen molar-refractivity contribution >= 4 is 6.29 Å². The minimum absolute atomic E-state index is 0.00276. The highest BCUT2D eigenvalue weighted by atomic mass is 16.1. The molecule has 0 N–H and O–H groups in total. The molecule has 6 atom stereocenters. The third kappa shape index (κ3) is 2.35. The van der Waals surface area contributed by atoms with E-state index in [2.05, 4.69) is 20.8 Å². The van der Waals surface area contributed by atoms with Crippen LogP contribution < -0.4 is 0 Å². The van der Waals surface area contributed by atoms with Crippen molar-refractivity contribution in [2.75, 3.05) is 0 Å². The van der Waals surface area contributed by atoms with E-state index < -0.39 is 0 Å². The van der Waals surface area contributed by atoms with Gasteiger partial charge in [-0.1, -0.05) is 27.2 Å². The Hall–Kier alpha value is -0.330. The summed E-state index contributed by atoms with van der Waals surface area (Å²) in [6, 6.07) is 0. The van der Waals surface area contributed by atoms with Crippen LogP contribution in [0.2, 0.25) is 0 Å². The third-order valence-electron chi connectivity index (χ3n) is 7.31. The third-order valence-corrected chi connectivity index (χ3v) is 7.31. The lowest BCUT2D eigenvalue weighted by Gasteiger charge is -2.54. The molecule has 0 amide bonds. The predicted molar refractivity (Wildman–Crippen MR) is 83.4 cm³/mol.